The van der Waals surface area contributed by atoms with Gasteiger partial charge >= 0.3 is 0 Å². The molecule has 0 N–H and O–H groups in total. The van der Waals surface area contributed by atoms with Gasteiger partial charge in [0.05, 0.1) is 15.7 Å². The first-order valence-electron chi connectivity index (χ1n) is 6.56. The molecule has 6 heteroatoms. The highest BCUT2D eigenvalue weighted by Crippen LogP contribution is 2.29. The van der Waals surface area contributed by atoms with Crippen molar-refractivity contribution in [3.05, 3.63) is 51.4 Å². The average molecular weight is 368 g/mol. The van der Waals surface area contributed by atoms with Gasteiger partial charge in [-0.25, -0.2) is 0 Å². The van der Waals surface area contributed by atoms with Gasteiger partial charge in [-0.15, -0.1) is 0 Å². The molecule has 0 saturated heterocycles. The zero-order chi connectivity index (χ0) is 15.0. The van der Waals surface area contributed by atoms with Gasteiger partial charge in [0.15, 0.2) is 5.76 Å². The van der Waals surface area contributed by atoms with Crippen LogP contribution in [0.1, 0.15) is 29.6 Å². The Hall–Kier alpha value is -1.59. The molecule has 0 spiro atoms. The quantitative estimate of drug-likeness (QED) is 0.629. The highest BCUT2D eigenvalue weighted by atomic mass is 79.9. The predicted octanol–water partition coefficient (Wildman–Crippen LogP) is 4.69. The fraction of sp³-hybridized carbons (Fsp3) is 0.200. The number of rotatable bonds is 4. The maximum absolute atomic E-state index is 12.7. The van der Waals surface area contributed by atoms with Crippen LogP contribution in [0.25, 0.3) is 11.0 Å². The van der Waals surface area contributed by atoms with E-state index in [-0.39, 0.29) is 11.5 Å². The molecule has 0 aliphatic carbocycles. The Kier molecular flexibility index (Phi) is 3.87. The highest BCUT2D eigenvalue weighted by molar-refractivity contribution is 9.10. The third-order valence-corrected chi connectivity index (χ3v) is 4.07. The normalized spacial score (nSPS) is 11.2. The van der Waals surface area contributed by atoms with Crippen LogP contribution < -0.4 is 0 Å². The van der Waals surface area contributed by atoms with Gasteiger partial charge in [-0.05, 0) is 34.5 Å². The molecule has 21 heavy (non-hydrogen) atoms. The number of ketones is 1. The van der Waals surface area contributed by atoms with Crippen molar-refractivity contribution < 1.29 is 9.21 Å². The zero-order valence-electron chi connectivity index (χ0n) is 11.3. The van der Waals surface area contributed by atoms with Crippen LogP contribution >= 0.6 is 27.5 Å². The smallest absolute Gasteiger partial charge is 0.247 e. The van der Waals surface area contributed by atoms with E-state index in [4.69, 9.17) is 16.0 Å². The third-order valence-electron chi connectivity index (χ3n) is 3.17. The summed E-state index contributed by atoms with van der Waals surface area (Å²) in [4.78, 5) is 12.7. The lowest BCUT2D eigenvalue weighted by Crippen LogP contribution is -2.11. The first kappa shape index (κ1) is 14.4. The Balaban J connectivity index is 2.08. The molecule has 2 aromatic heterocycles. The molecular weight excluding hydrogens is 356 g/mol. The molecule has 0 fully saturated rings. The number of nitrogens with zero attached hydrogens (tertiary/aromatic N) is 2. The number of aryl methyl sites for hydroxylation is 1. The number of furan rings is 1. The molecule has 0 amide bonds. The summed E-state index contributed by atoms with van der Waals surface area (Å²) in [6.07, 6.45) is 2.35. The van der Waals surface area contributed by atoms with Crippen LogP contribution in [-0.2, 0) is 6.54 Å². The standard InChI is InChI=1S/C15H12BrClN2O2/c1-2-6-19-13(11(17)8-18-19)14(20)12-7-9-4-3-5-10(16)15(9)21-12/h3-5,7-8H,2,6H2,1H3. The molecule has 0 unspecified atom stereocenters. The summed E-state index contributed by atoms with van der Waals surface area (Å²) in [7, 11) is 0. The van der Waals surface area contributed by atoms with Gasteiger partial charge in [0.25, 0.3) is 0 Å². The van der Waals surface area contributed by atoms with E-state index in [9.17, 15) is 4.79 Å². The fourth-order valence-corrected chi connectivity index (χ4v) is 2.92. The summed E-state index contributed by atoms with van der Waals surface area (Å²) in [6.45, 7) is 2.65. The van der Waals surface area contributed by atoms with Gasteiger partial charge in [0.1, 0.15) is 11.3 Å². The molecule has 0 bridgehead atoms. The minimum Gasteiger partial charge on any atom is -0.451 e. The summed E-state index contributed by atoms with van der Waals surface area (Å²) < 4.78 is 8.11. The Bertz CT molecular complexity index is 822. The Morgan fingerprint density at radius 2 is 2.29 bits per heavy atom. The number of hydrogen-bond donors (Lipinski definition) is 0. The van der Waals surface area contributed by atoms with E-state index in [1.165, 1.54) is 6.20 Å². The molecule has 0 atom stereocenters. The molecule has 108 valence electrons. The first-order valence-corrected chi connectivity index (χ1v) is 7.73. The number of hydrogen-bond acceptors (Lipinski definition) is 3. The summed E-state index contributed by atoms with van der Waals surface area (Å²) >= 11 is 9.51. The molecule has 3 aromatic rings. The Morgan fingerprint density at radius 1 is 1.48 bits per heavy atom. The molecule has 2 heterocycles. The lowest BCUT2D eigenvalue weighted by molar-refractivity contribution is 0.100. The van der Waals surface area contributed by atoms with Gasteiger partial charge in [-0.3, -0.25) is 9.48 Å². The van der Waals surface area contributed by atoms with Crippen LogP contribution in [0.4, 0.5) is 0 Å². The molecular formula is C15H12BrClN2O2. The minimum atomic E-state index is -0.256. The van der Waals surface area contributed by atoms with Crippen molar-refractivity contribution in [1.82, 2.24) is 9.78 Å². The van der Waals surface area contributed by atoms with Crippen molar-refractivity contribution in [2.45, 2.75) is 19.9 Å². The number of carbonyl (C=O) groups is 1. The Labute approximate surface area is 134 Å². The van der Waals surface area contributed by atoms with Crippen molar-refractivity contribution in [3.63, 3.8) is 0 Å². The maximum Gasteiger partial charge on any atom is 0.247 e. The predicted molar refractivity (Wildman–Crippen MR) is 84.9 cm³/mol. The third kappa shape index (κ3) is 2.51. The van der Waals surface area contributed by atoms with Gasteiger partial charge in [-0.1, -0.05) is 30.7 Å². The molecule has 0 saturated carbocycles. The molecule has 0 aliphatic heterocycles. The highest BCUT2D eigenvalue weighted by Gasteiger charge is 2.22. The number of para-hydroxylation sites is 1. The van der Waals surface area contributed by atoms with E-state index in [1.54, 1.807) is 10.7 Å². The number of aromatic nitrogens is 2. The van der Waals surface area contributed by atoms with Gasteiger partial charge in [0, 0.05) is 11.9 Å². The lowest BCUT2D eigenvalue weighted by Gasteiger charge is -2.03. The van der Waals surface area contributed by atoms with Crippen molar-refractivity contribution in [2.24, 2.45) is 0 Å². The average Bonchev–Trinajstić information content (AvgIpc) is 3.04. The Morgan fingerprint density at radius 3 is 3.00 bits per heavy atom. The van der Waals surface area contributed by atoms with E-state index in [0.717, 1.165) is 16.3 Å². The molecule has 0 radical (unpaired) electrons. The van der Waals surface area contributed by atoms with E-state index in [0.29, 0.717) is 22.8 Å². The van der Waals surface area contributed by atoms with Crippen molar-refractivity contribution in [1.29, 1.82) is 0 Å². The van der Waals surface area contributed by atoms with E-state index < -0.39 is 0 Å². The molecule has 3 rings (SSSR count). The minimum absolute atomic E-state index is 0.256. The van der Waals surface area contributed by atoms with Crippen LogP contribution in [0, 0.1) is 0 Å². The van der Waals surface area contributed by atoms with Crippen LogP contribution in [0.3, 0.4) is 0 Å². The van der Waals surface area contributed by atoms with Crippen LogP contribution in [0.15, 0.2) is 39.4 Å². The van der Waals surface area contributed by atoms with E-state index in [2.05, 4.69) is 21.0 Å². The van der Waals surface area contributed by atoms with Crippen LogP contribution in [0.2, 0.25) is 5.02 Å². The van der Waals surface area contributed by atoms with Crippen molar-refractivity contribution in [2.75, 3.05) is 0 Å². The van der Waals surface area contributed by atoms with Crippen molar-refractivity contribution >= 4 is 44.3 Å². The topological polar surface area (TPSA) is 48.0 Å². The van der Waals surface area contributed by atoms with Gasteiger partial charge in [-0.2, -0.15) is 5.10 Å². The van der Waals surface area contributed by atoms with Gasteiger partial charge in [0.2, 0.25) is 5.78 Å². The second kappa shape index (κ2) is 5.66. The van der Waals surface area contributed by atoms with E-state index >= 15 is 0 Å². The number of carbonyl (C=O) groups excluding carboxylic acids is 1. The molecule has 1 aromatic carbocycles. The summed E-state index contributed by atoms with van der Waals surface area (Å²) in [5.41, 5.74) is 1.02. The maximum atomic E-state index is 12.7. The van der Waals surface area contributed by atoms with E-state index in [1.807, 2.05) is 25.1 Å². The zero-order valence-corrected chi connectivity index (χ0v) is 13.6. The van der Waals surface area contributed by atoms with Gasteiger partial charge < -0.3 is 4.42 Å². The summed E-state index contributed by atoms with van der Waals surface area (Å²) in [6, 6.07) is 7.38. The summed E-state index contributed by atoms with van der Waals surface area (Å²) in [5, 5.41) is 5.34. The lowest BCUT2D eigenvalue weighted by atomic mass is 10.2. The largest absolute Gasteiger partial charge is 0.451 e. The fourth-order valence-electron chi connectivity index (χ4n) is 2.23. The SMILES string of the molecule is CCCn1ncc(Cl)c1C(=O)c1cc2cccc(Br)c2o1. The number of fused-ring (bicyclic) bond motifs is 1. The number of halogens is 2. The first-order chi connectivity index (χ1) is 10.1. The van der Waals surface area contributed by atoms with Crippen LogP contribution in [0.5, 0.6) is 0 Å². The molecule has 0 aliphatic rings. The second-order valence-electron chi connectivity index (χ2n) is 4.66. The monoisotopic (exact) mass is 366 g/mol. The second-order valence-corrected chi connectivity index (χ2v) is 5.92. The summed E-state index contributed by atoms with van der Waals surface area (Å²) in [5.74, 6) is 0.00528. The van der Waals surface area contributed by atoms with Crippen molar-refractivity contribution in [3.8, 4) is 0 Å². The number of benzene rings is 1. The molecule has 4 nitrogen and oxygen atoms in total. The van der Waals surface area contributed by atoms with Crippen LogP contribution in [-0.4, -0.2) is 15.6 Å².